The lowest BCUT2D eigenvalue weighted by Crippen LogP contribution is -2.39. The quantitative estimate of drug-likeness (QED) is 0.300. The van der Waals surface area contributed by atoms with Crippen molar-refractivity contribution in [1.82, 2.24) is 4.57 Å². The highest BCUT2D eigenvalue weighted by Crippen LogP contribution is 2.32. The van der Waals surface area contributed by atoms with Gasteiger partial charge in [0, 0.05) is 16.7 Å². The van der Waals surface area contributed by atoms with Gasteiger partial charge in [0.2, 0.25) is 0 Å². The smallest absolute Gasteiger partial charge is 0.338 e. The van der Waals surface area contributed by atoms with Gasteiger partial charge in [0.25, 0.3) is 5.56 Å². The van der Waals surface area contributed by atoms with E-state index in [4.69, 9.17) is 25.5 Å². The highest BCUT2D eigenvalue weighted by atomic mass is 35.5. The Morgan fingerprint density at radius 1 is 1.13 bits per heavy atom. The minimum atomic E-state index is -0.693. The number of thiazole rings is 1. The van der Waals surface area contributed by atoms with Crippen molar-refractivity contribution in [2.45, 2.75) is 26.8 Å². The second kappa shape index (κ2) is 10.8. The average molecular weight is 549 g/mol. The number of ether oxygens (including phenoxy) is 2. The SMILES string of the molecule is CCOC(=O)C1=C(C)N=c2s/c(=C\c3ccc(-c4cccc(Cl)c4)o3)c(=O)n2[C@@H]1c1ccc(OCC)cc1. The lowest BCUT2D eigenvalue weighted by Gasteiger charge is -2.24. The molecule has 0 fully saturated rings. The fourth-order valence-electron chi connectivity index (χ4n) is 4.38. The third-order valence-corrected chi connectivity index (χ3v) is 7.25. The van der Waals surface area contributed by atoms with Gasteiger partial charge in [-0.3, -0.25) is 9.36 Å². The average Bonchev–Trinajstić information content (AvgIpc) is 3.48. The third kappa shape index (κ3) is 4.97. The summed E-state index contributed by atoms with van der Waals surface area (Å²) >= 11 is 7.36. The van der Waals surface area contributed by atoms with Crippen molar-refractivity contribution in [3.8, 4) is 17.1 Å². The molecular weight excluding hydrogens is 524 g/mol. The Morgan fingerprint density at radius 2 is 1.92 bits per heavy atom. The predicted octanol–water partition coefficient (Wildman–Crippen LogP) is 5.11. The summed E-state index contributed by atoms with van der Waals surface area (Å²) in [4.78, 5) is 31.9. The monoisotopic (exact) mass is 548 g/mol. The number of hydrogen-bond donors (Lipinski definition) is 0. The van der Waals surface area contributed by atoms with E-state index < -0.39 is 12.0 Å². The second-order valence-corrected chi connectivity index (χ2v) is 9.96. The largest absolute Gasteiger partial charge is 0.494 e. The molecule has 0 spiro atoms. The fraction of sp³-hybridized carbons (Fsp3) is 0.207. The summed E-state index contributed by atoms with van der Waals surface area (Å²) in [7, 11) is 0. The molecule has 0 saturated heterocycles. The fourth-order valence-corrected chi connectivity index (χ4v) is 5.59. The molecule has 0 aliphatic carbocycles. The normalized spacial score (nSPS) is 15.3. The summed E-state index contributed by atoms with van der Waals surface area (Å²) < 4.78 is 18.9. The summed E-state index contributed by atoms with van der Waals surface area (Å²) in [6, 6.07) is 17.7. The van der Waals surface area contributed by atoms with Gasteiger partial charge in [-0.1, -0.05) is 47.2 Å². The van der Waals surface area contributed by atoms with Crippen molar-refractivity contribution in [3.63, 3.8) is 0 Å². The van der Waals surface area contributed by atoms with Crippen LogP contribution in [-0.2, 0) is 9.53 Å². The summed E-state index contributed by atoms with van der Waals surface area (Å²) in [6.45, 7) is 6.16. The van der Waals surface area contributed by atoms with Crippen LogP contribution in [0, 0.1) is 0 Å². The van der Waals surface area contributed by atoms with Crippen molar-refractivity contribution in [2.75, 3.05) is 13.2 Å². The molecule has 1 aliphatic heterocycles. The molecule has 0 N–H and O–H groups in total. The van der Waals surface area contributed by atoms with Crippen LogP contribution < -0.4 is 19.6 Å². The second-order valence-electron chi connectivity index (χ2n) is 8.52. The Morgan fingerprint density at radius 3 is 2.63 bits per heavy atom. The van der Waals surface area contributed by atoms with E-state index in [9.17, 15) is 9.59 Å². The first-order chi connectivity index (χ1) is 18.4. The number of fused-ring (bicyclic) bond motifs is 1. The number of aromatic nitrogens is 1. The van der Waals surface area contributed by atoms with Gasteiger partial charge in [0.05, 0.1) is 35.1 Å². The number of allylic oxidation sites excluding steroid dienone is 1. The Balaban J connectivity index is 1.62. The van der Waals surface area contributed by atoms with E-state index >= 15 is 0 Å². The first kappa shape index (κ1) is 25.8. The molecular formula is C29H25ClN2O5S. The molecule has 1 aliphatic rings. The minimum Gasteiger partial charge on any atom is -0.494 e. The maximum atomic E-state index is 13.7. The van der Waals surface area contributed by atoms with Crippen molar-refractivity contribution in [3.05, 3.63) is 108 Å². The standard InChI is InChI=1S/C29H25ClN2O5S/c1-4-35-21-11-9-18(10-12-21)26-25(28(34)36-5-2)17(3)31-29-32(26)27(33)24(38-29)16-22-13-14-23(37-22)19-7-6-8-20(30)15-19/h6-16,26H,4-5H2,1-3H3/b24-16-/t26-/m1/s1. The van der Waals surface area contributed by atoms with Gasteiger partial charge in [0.1, 0.15) is 17.3 Å². The summed E-state index contributed by atoms with van der Waals surface area (Å²) in [5, 5.41) is 0.607. The number of hydrogen-bond acceptors (Lipinski definition) is 7. The zero-order chi connectivity index (χ0) is 26.8. The molecule has 0 unspecified atom stereocenters. The first-order valence-corrected chi connectivity index (χ1v) is 13.4. The number of rotatable bonds is 7. The van der Waals surface area contributed by atoms with E-state index in [0.29, 0.717) is 49.5 Å². The summed E-state index contributed by atoms with van der Waals surface area (Å²) in [5.74, 6) is 1.36. The highest BCUT2D eigenvalue weighted by molar-refractivity contribution is 7.07. The molecule has 0 radical (unpaired) electrons. The van der Waals surface area contributed by atoms with Crippen LogP contribution in [0.1, 0.15) is 38.1 Å². The molecule has 5 rings (SSSR count). The molecule has 2 aromatic heterocycles. The Bertz CT molecular complexity index is 1710. The number of nitrogens with zero attached hydrogens (tertiary/aromatic N) is 2. The third-order valence-electron chi connectivity index (χ3n) is 6.03. The van der Waals surface area contributed by atoms with Crippen LogP contribution in [0.5, 0.6) is 5.75 Å². The molecule has 3 heterocycles. The van der Waals surface area contributed by atoms with Crippen LogP contribution in [0.4, 0.5) is 0 Å². The Hall–Kier alpha value is -3.88. The lowest BCUT2D eigenvalue weighted by molar-refractivity contribution is -0.139. The van der Waals surface area contributed by atoms with Crippen LogP contribution in [-0.4, -0.2) is 23.8 Å². The molecule has 9 heteroatoms. The summed E-state index contributed by atoms with van der Waals surface area (Å²) in [6.07, 6.45) is 1.69. The Kier molecular flexibility index (Phi) is 7.35. The van der Waals surface area contributed by atoms with Gasteiger partial charge in [0.15, 0.2) is 4.80 Å². The van der Waals surface area contributed by atoms with Gasteiger partial charge >= 0.3 is 5.97 Å². The first-order valence-electron chi connectivity index (χ1n) is 12.2. The van der Waals surface area contributed by atoms with Gasteiger partial charge in [-0.05, 0) is 62.7 Å². The van der Waals surface area contributed by atoms with Gasteiger partial charge < -0.3 is 13.9 Å². The van der Waals surface area contributed by atoms with E-state index in [1.54, 1.807) is 36.6 Å². The molecule has 7 nitrogen and oxygen atoms in total. The lowest BCUT2D eigenvalue weighted by atomic mass is 9.96. The van der Waals surface area contributed by atoms with Crippen LogP contribution >= 0.6 is 22.9 Å². The van der Waals surface area contributed by atoms with Crippen LogP contribution in [0.15, 0.2) is 86.1 Å². The van der Waals surface area contributed by atoms with E-state index in [0.717, 1.165) is 11.1 Å². The van der Waals surface area contributed by atoms with Crippen molar-refractivity contribution in [1.29, 1.82) is 0 Å². The van der Waals surface area contributed by atoms with Crippen LogP contribution in [0.25, 0.3) is 17.4 Å². The topological polar surface area (TPSA) is 83.0 Å². The van der Waals surface area contributed by atoms with Gasteiger partial charge in [-0.15, -0.1) is 0 Å². The van der Waals surface area contributed by atoms with E-state index in [1.165, 1.54) is 11.3 Å². The Labute approximate surface area is 227 Å². The molecule has 2 aromatic carbocycles. The molecule has 38 heavy (non-hydrogen) atoms. The minimum absolute atomic E-state index is 0.212. The predicted molar refractivity (Wildman–Crippen MR) is 147 cm³/mol. The van der Waals surface area contributed by atoms with Crippen molar-refractivity contribution < 1.29 is 18.7 Å². The highest BCUT2D eigenvalue weighted by Gasteiger charge is 2.33. The number of esters is 1. The number of carbonyl (C=O) groups is 1. The van der Waals surface area contributed by atoms with Crippen LogP contribution in [0.3, 0.4) is 0 Å². The van der Waals surface area contributed by atoms with Gasteiger partial charge in [-0.25, -0.2) is 9.79 Å². The molecule has 4 aromatic rings. The van der Waals surface area contributed by atoms with Crippen molar-refractivity contribution in [2.24, 2.45) is 4.99 Å². The molecule has 0 bridgehead atoms. The summed E-state index contributed by atoms with van der Waals surface area (Å²) in [5.41, 5.74) is 2.15. The number of benzene rings is 2. The molecule has 1 atom stereocenters. The van der Waals surface area contributed by atoms with E-state index in [1.807, 2.05) is 55.5 Å². The number of furan rings is 1. The zero-order valence-corrected chi connectivity index (χ0v) is 22.6. The van der Waals surface area contributed by atoms with Crippen LogP contribution in [0.2, 0.25) is 5.02 Å². The maximum absolute atomic E-state index is 13.7. The molecule has 0 saturated carbocycles. The van der Waals surface area contributed by atoms with E-state index in [2.05, 4.69) is 4.99 Å². The number of halogens is 1. The molecule has 0 amide bonds. The van der Waals surface area contributed by atoms with E-state index in [-0.39, 0.29) is 12.2 Å². The number of carbonyl (C=O) groups excluding carboxylic acids is 1. The maximum Gasteiger partial charge on any atom is 0.338 e. The van der Waals surface area contributed by atoms with Gasteiger partial charge in [-0.2, -0.15) is 0 Å². The zero-order valence-electron chi connectivity index (χ0n) is 21.1. The molecule has 194 valence electrons. The van der Waals surface area contributed by atoms with Crippen molar-refractivity contribution >= 4 is 35.0 Å².